The van der Waals surface area contributed by atoms with Gasteiger partial charge in [-0.25, -0.2) is 0 Å². The third-order valence-corrected chi connectivity index (χ3v) is 4.03. The van der Waals surface area contributed by atoms with E-state index in [-0.39, 0.29) is 0 Å². The van der Waals surface area contributed by atoms with E-state index in [0.29, 0.717) is 0 Å². The Morgan fingerprint density at radius 1 is 0.667 bits per heavy atom. The third-order valence-electron chi connectivity index (χ3n) is 3.76. The van der Waals surface area contributed by atoms with Crippen molar-refractivity contribution >= 4 is 11.6 Å². The standard InChI is InChI=1S/C16H35ClN/c1-4-5-6-7-8-9-10-12-15-18(2,3)16-13-11-14-17/h4-16H2,1-3H3/q+1. The highest BCUT2D eigenvalue weighted by Crippen LogP contribution is 2.11. The van der Waals surface area contributed by atoms with Crippen LogP contribution in [0.3, 0.4) is 0 Å². The van der Waals surface area contributed by atoms with Gasteiger partial charge in [0, 0.05) is 5.88 Å². The summed E-state index contributed by atoms with van der Waals surface area (Å²) in [5.74, 6) is 0.817. The highest BCUT2D eigenvalue weighted by Gasteiger charge is 2.13. The molecule has 0 aliphatic heterocycles. The molecule has 110 valence electrons. The third kappa shape index (κ3) is 12.7. The number of halogens is 1. The van der Waals surface area contributed by atoms with Crippen molar-refractivity contribution in [3.8, 4) is 0 Å². The van der Waals surface area contributed by atoms with E-state index in [2.05, 4.69) is 21.0 Å². The molecule has 0 radical (unpaired) electrons. The van der Waals surface area contributed by atoms with Gasteiger partial charge in [-0.1, -0.05) is 45.4 Å². The van der Waals surface area contributed by atoms with Crippen LogP contribution in [0.25, 0.3) is 0 Å². The lowest BCUT2D eigenvalue weighted by atomic mass is 10.1. The lowest BCUT2D eigenvalue weighted by Crippen LogP contribution is -2.41. The van der Waals surface area contributed by atoms with Gasteiger partial charge in [0.2, 0.25) is 0 Å². The summed E-state index contributed by atoms with van der Waals surface area (Å²) in [6, 6.07) is 0. The minimum Gasteiger partial charge on any atom is -0.328 e. The van der Waals surface area contributed by atoms with E-state index in [0.717, 1.165) is 5.88 Å². The van der Waals surface area contributed by atoms with Gasteiger partial charge >= 0.3 is 0 Å². The molecule has 0 unspecified atom stereocenters. The van der Waals surface area contributed by atoms with Crippen LogP contribution in [0.1, 0.15) is 71.1 Å². The molecule has 18 heavy (non-hydrogen) atoms. The molecule has 0 saturated carbocycles. The minimum absolute atomic E-state index is 0.817. The average molecular weight is 277 g/mol. The van der Waals surface area contributed by atoms with Gasteiger partial charge in [-0.15, -0.1) is 11.6 Å². The second-order valence-corrected chi connectivity index (χ2v) is 6.63. The van der Waals surface area contributed by atoms with Crippen LogP contribution in [-0.2, 0) is 0 Å². The average Bonchev–Trinajstić information content (AvgIpc) is 2.33. The monoisotopic (exact) mass is 276 g/mol. The highest BCUT2D eigenvalue weighted by molar-refractivity contribution is 6.17. The van der Waals surface area contributed by atoms with Crippen molar-refractivity contribution in [2.24, 2.45) is 0 Å². The first-order valence-corrected chi connectivity index (χ1v) is 8.54. The van der Waals surface area contributed by atoms with E-state index >= 15 is 0 Å². The lowest BCUT2D eigenvalue weighted by molar-refractivity contribution is -0.890. The summed E-state index contributed by atoms with van der Waals surface area (Å²) in [6.45, 7) is 4.89. The molecule has 0 aromatic heterocycles. The molecule has 2 heteroatoms. The molecule has 0 bridgehead atoms. The van der Waals surface area contributed by atoms with Crippen LogP contribution in [-0.4, -0.2) is 37.5 Å². The summed E-state index contributed by atoms with van der Waals surface area (Å²) < 4.78 is 1.17. The van der Waals surface area contributed by atoms with Gasteiger partial charge in [0.15, 0.2) is 0 Å². The van der Waals surface area contributed by atoms with E-state index in [1.54, 1.807) is 0 Å². The molecule has 0 spiro atoms. The molecule has 0 N–H and O–H groups in total. The summed E-state index contributed by atoms with van der Waals surface area (Å²) in [5, 5.41) is 0. The molecule has 0 heterocycles. The molecule has 0 amide bonds. The Labute approximate surface area is 120 Å². The Morgan fingerprint density at radius 2 is 1.11 bits per heavy atom. The van der Waals surface area contributed by atoms with Gasteiger partial charge in [-0.05, 0) is 25.7 Å². The molecule has 0 atom stereocenters. The zero-order valence-corrected chi connectivity index (χ0v) is 13.8. The summed E-state index contributed by atoms with van der Waals surface area (Å²) in [5.41, 5.74) is 0. The van der Waals surface area contributed by atoms with Gasteiger partial charge in [-0.2, -0.15) is 0 Å². The van der Waals surface area contributed by atoms with Crippen LogP contribution >= 0.6 is 11.6 Å². The Balaban J connectivity index is 3.30. The van der Waals surface area contributed by atoms with Crippen LogP contribution < -0.4 is 0 Å². The maximum Gasteiger partial charge on any atom is 0.0782 e. The molecule has 0 aliphatic rings. The molecule has 0 aromatic rings. The predicted octanol–water partition coefficient (Wildman–Crippen LogP) is 5.22. The molecule has 0 rings (SSSR count). The van der Waals surface area contributed by atoms with Crippen molar-refractivity contribution in [2.45, 2.75) is 71.1 Å². The van der Waals surface area contributed by atoms with Crippen molar-refractivity contribution in [2.75, 3.05) is 33.1 Å². The molecular weight excluding hydrogens is 242 g/mol. The molecule has 0 fully saturated rings. The maximum absolute atomic E-state index is 5.72. The van der Waals surface area contributed by atoms with Crippen LogP contribution in [0, 0.1) is 0 Å². The quantitative estimate of drug-likeness (QED) is 0.246. The van der Waals surface area contributed by atoms with Gasteiger partial charge in [-0.3, -0.25) is 0 Å². The Bertz CT molecular complexity index is 168. The van der Waals surface area contributed by atoms with Gasteiger partial charge in [0.25, 0.3) is 0 Å². The number of hydrogen-bond acceptors (Lipinski definition) is 0. The van der Waals surface area contributed by atoms with Crippen molar-refractivity contribution in [1.29, 1.82) is 0 Å². The van der Waals surface area contributed by atoms with Crippen LogP contribution in [0.2, 0.25) is 0 Å². The Kier molecular flexibility index (Phi) is 12.5. The number of nitrogens with zero attached hydrogens (tertiary/aromatic N) is 1. The normalized spacial score (nSPS) is 12.0. The SMILES string of the molecule is CCCCCCCCCC[N+](C)(C)CCCCCl. The molecule has 0 aliphatic carbocycles. The van der Waals surface area contributed by atoms with E-state index in [4.69, 9.17) is 11.6 Å². The fourth-order valence-corrected chi connectivity index (χ4v) is 2.61. The molecule has 0 saturated heterocycles. The van der Waals surface area contributed by atoms with E-state index in [1.807, 2.05) is 0 Å². The summed E-state index contributed by atoms with van der Waals surface area (Å²) in [4.78, 5) is 0. The first-order chi connectivity index (χ1) is 8.62. The number of hydrogen-bond donors (Lipinski definition) is 0. The lowest BCUT2D eigenvalue weighted by Gasteiger charge is -2.29. The molecule has 1 nitrogen and oxygen atoms in total. The van der Waals surface area contributed by atoms with Crippen molar-refractivity contribution in [3.05, 3.63) is 0 Å². The first kappa shape index (κ1) is 18.2. The minimum atomic E-state index is 0.817. The largest absolute Gasteiger partial charge is 0.328 e. The van der Waals surface area contributed by atoms with Crippen LogP contribution in [0.4, 0.5) is 0 Å². The van der Waals surface area contributed by atoms with Crippen molar-refractivity contribution in [3.63, 3.8) is 0 Å². The second kappa shape index (κ2) is 12.3. The summed E-state index contributed by atoms with van der Waals surface area (Å²) >= 11 is 5.72. The second-order valence-electron chi connectivity index (χ2n) is 6.25. The van der Waals surface area contributed by atoms with E-state index in [9.17, 15) is 0 Å². The fourth-order valence-electron chi connectivity index (χ4n) is 2.42. The zero-order valence-electron chi connectivity index (χ0n) is 13.0. The number of rotatable bonds is 13. The summed E-state index contributed by atoms with van der Waals surface area (Å²) in [6.07, 6.45) is 13.8. The number of alkyl halides is 1. The predicted molar refractivity (Wildman–Crippen MR) is 84.4 cm³/mol. The maximum atomic E-state index is 5.72. The molecule has 0 aromatic carbocycles. The Morgan fingerprint density at radius 3 is 1.61 bits per heavy atom. The topological polar surface area (TPSA) is 0 Å². The Hall–Kier alpha value is 0.250. The highest BCUT2D eigenvalue weighted by atomic mass is 35.5. The number of quaternary nitrogens is 1. The number of unbranched alkanes of at least 4 members (excludes halogenated alkanes) is 8. The van der Waals surface area contributed by atoms with Crippen molar-refractivity contribution in [1.82, 2.24) is 0 Å². The van der Waals surface area contributed by atoms with Gasteiger partial charge in [0.05, 0.1) is 27.2 Å². The first-order valence-electron chi connectivity index (χ1n) is 8.00. The zero-order chi connectivity index (χ0) is 13.7. The molecular formula is C16H35ClN+. The van der Waals surface area contributed by atoms with E-state index < -0.39 is 0 Å². The smallest absolute Gasteiger partial charge is 0.0782 e. The van der Waals surface area contributed by atoms with Crippen LogP contribution in [0.5, 0.6) is 0 Å². The summed E-state index contributed by atoms with van der Waals surface area (Å²) in [7, 11) is 4.71. The fraction of sp³-hybridized carbons (Fsp3) is 1.00. The van der Waals surface area contributed by atoms with E-state index in [1.165, 1.54) is 81.8 Å². The van der Waals surface area contributed by atoms with Crippen molar-refractivity contribution < 1.29 is 4.48 Å². The van der Waals surface area contributed by atoms with Gasteiger partial charge in [0.1, 0.15) is 0 Å². The van der Waals surface area contributed by atoms with Crippen LogP contribution in [0.15, 0.2) is 0 Å². The van der Waals surface area contributed by atoms with Gasteiger partial charge < -0.3 is 4.48 Å².